The summed E-state index contributed by atoms with van der Waals surface area (Å²) in [5.74, 6) is -13.3. The molecule has 0 saturated carbocycles. The predicted molar refractivity (Wildman–Crippen MR) is 37.1 cm³/mol. The molecule has 0 spiro atoms. The first kappa shape index (κ1) is 14.7. The summed E-state index contributed by atoms with van der Waals surface area (Å²) in [5.41, 5.74) is 0. The Morgan fingerprint density at radius 1 is 1.06 bits per heavy atom. The van der Waals surface area contributed by atoms with E-state index in [1.165, 1.54) is 0 Å². The van der Waals surface area contributed by atoms with Gasteiger partial charge < -0.3 is 4.74 Å². The summed E-state index contributed by atoms with van der Waals surface area (Å²) in [6.07, 6.45) is -7.48. The summed E-state index contributed by atoms with van der Waals surface area (Å²) in [7, 11) is 0.743. The molecule has 0 aromatic heterocycles. The van der Waals surface area contributed by atoms with Gasteiger partial charge in [-0.05, 0) is 6.08 Å². The summed E-state index contributed by atoms with van der Waals surface area (Å²) in [4.78, 5) is 10.3. The van der Waals surface area contributed by atoms with Crippen LogP contribution in [0.5, 0.6) is 0 Å². The Balaban J connectivity index is 5.06. The molecule has 0 aromatic carbocycles. The van der Waals surface area contributed by atoms with Crippen LogP contribution >= 0.6 is 0 Å². The minimum absolute atomic E-state index is 0.209. The molecule has 0 fully saturated rings. The lowest BCUT2D eigenvalue weighted by molar-refractivity contribution is -0.341. The smallest absolute Gasteiger partial charge is 0.460 e. The molecule has 0 amide bonds. The molecule has 0 unspecified atom stereocenters. The maximum Gasteiger partial charge on any atom is 0.460 e. The van der Waals surface area contributed by atoms with Crippen LogP contribution < -0.4 is 0 Å². The topological polar surface area (TPSA) is 26.3 Å². The van der Waals surface area contributed by atoms with Crippen molar-refractivity contribution in [2.24, 2.45) is 0 Å². The van der Waals surface area contributed by atoms with Gasteiger partial charge in [0.05, 0.1) is 7.11 Å². The Morgan fingerprint density at radius 2 is 1.50 bits per heavy atom. The molecular weight excluding hydrogens is 249 g/mol. The van der Waals surface area contributed by atoms with E-state index in [9.17, 15) is 35.5 Å². The molecule has 9 heteroatoms. The molecule has 2 nitrogen and oxygen atoms in total. The van der Waals surface area contributed by atoms with Crippen LogP contribution in [0.25, 0.3) is 0 Å². The number of allylic oxidation sites excluding steroid dienone is 1. The fraction of sp³-hybridized carbons (Fsp3) is 0.571. The average molecular weight is 254 g/mol. The zero-order valence-corrected chi connectivity index (χ0v) is 7.62. The Bertz CT molecular complexity index is 292. The first-order valence-corrected chi connectivity index (χ1v) is 3.55. The van der Waals surface area contributed by atoms with Gasteiger partial charge >= 0.3 is 24.0 Å². The molecule has 0 rings (SSSR count). The summed E-state index contributed by atoms with van der Waals surface area (Å²) in [6.45, 7) is 0. The van der Waals surface area contributed by atoms with Gasteiger partial charge in [-0.1, -0.05) is 0 Å². The van der Waals surface area contributed by atoms with E-state index in [0.717, 1.165) is 7.11 Å². The van der Waals surface area contributed by atoms with Gasteiger partial charge in [-0.25, -0.2) is 4.79 Å². The van der Waals surface area contributed by atoms with E-state index < -0.39 is 30.1 Å². The molecule has 0 saturated heterocycles. The quantitative estimate of drug-likeness (QED) is 0.439. The van der Waals surface area contributed by atoms with Crippen molar-refractivity contribution in [3.8, 4) is 0 Å². The molecule has 0 bridgehead atoms. The highest BCUT2D eigenvalue weighted by atomic mass is 19.4. The lowest BCUT2D eigenvalue weighted by Gasteiger charge is -2.25. The second kappa shape index (κ2) is 4.30. The molecule has 0 radical (unpaired) electrons. The van der Waals surface area contributed by atoms with Crippen molar-refractivity contribution in [3.05, 3.63) is 12.2 Å². The molecule has 0 aliphatic carbocycles. The van der Waals surface area contributed by atoms with Crippen molar-refractivity contribution in [2.45, 2.75) is 18.0 Å². The third-order valence-electron chi connectivity index (χ3n) is 1.40. The van der Waals surface area contributed by atoms with Crippen LogP contribution in [0.15, 0.2) is 12.2 Å². The Kier molecular flexibility index (Phi) is 3.96. The van der Waals surface area contributed by atoms with E-state index in [0.29, 0.717) is 0 Å². The van der Waals surface area contributed by atoms with Gasteiger partial charge in [0.1, 0.15) is 0 Å². The number of halogens is 7. The Labute approximate surface area is 84.7 Å². The van der Waals surface area contributed by atoms with Gasteiger partial charge in [-0.3, -0.25) is 0 Å². The summed E-state index contributed by atoms with van der Waals surface area (Å²) in [6, 6.07) is 0. The highest BCUT2D eigenvalue weighted by molar-refractivity contribution is 5.81. The lowest BCUT2D eigenvalue weighted by atomic mass is 10.1. The van der Waals surface area contributed by atoms with E-state index in [4.69, 9.17) is 0 Å². The molecule has 0 aromatic rings. The van der Waals surface area contributed by atoms with E-state index >= 15 is 0 Å². The van der Waals surface area contributed by atoms with E-state index in [1.807, 2.05) is 0 Å². The minimum Gasteiger partial charge on any atom is -0.466 e. The normalized spacial score (nSPS) is 14.2. The van der Waals surface area contributed by atoms with Gasteiger partial charge in [-0.15, -0.1) is 0 Å². The number of alkyl halides is 7. The number of rotatable bonds is 3. The van der Waals surface area contributed by atoms with Crippen molar-refractivity contribution >= 4 is 5.97 Å². The molecule has 0 N–H and O–H groups in total. The number of methoxy groups -OCH3 is 1. The van der Waals surface area contributed by atoms with Gasteiger partial charge in [0.2, 0.25) is 0 Å². The third-order valence-corrected chi connectivity index (χ3v) is 1.40. The zero-order valence-electron chi connectivity index (χ0n) is 7.62. The minimum atomic E-state index is -6.42. The highest BCUT2D eigenvalue weighted by Crippen LogP contribution is 2.46. The molecule has 0 aliphatic heterocycles. The molecular formula is C7H5F7O2. The number of ether oxygens (including phenoxy) is 1. The maximum atomic E-state index is 12.4. The Hall–Kier alpha value is -1.28. The molecule has 0 atom stereocenters. The number of esters is 1. The summed E-state index contributed by atoms with van der Waals surface area (Å²) in [5, 5.41) is 0. The van der Waals surface area contributed by atoms with Crippen LogP contribution in [0.2, 0.25) is 0 Å². The fourth-order valence-electron chi connectivity index (χ4n) is 0.534. The number of hydrogen-bond acceptors (Lipinski definition) is 2. The SMILES string of the molecule is COC(=O)C=CC(F)(F)C(F)(F)C(F)(F)F. The summed E-state index contributed by atoms with van der Waals surface area (Å²) >= 11 is 0. The number of carbonyl (C=O) groups is 1. The molecule has 16 heavy (non-hydrogen) atoms. The van der Waals surface area contributed by atoms with Crippen LogP contribution in [0, 0.1) is 0 Å². The summed E-state index contributed by atoms with van der Waals surface area (Å²) < 4.78 is 87.7. The van der Waals surface area contributed by atoms with Crippen molar-refractivity contribution < 1.29 is 40.3 Å². The van der Waals surface area contributed by atoms with Crippen LogP contribution in [0.1, 0.15) is 0 Å². The average Bonchev–Trinajstić information content (AvgIpc) is 2.12. The second-order valence-electron chi connectivity index (χ2n) is 2.55. The van der Waals surface area contributed by atoms with Crippen molar-refractivity contribution in [1.29, 1.82) is 0 Å². The Morgan fingerprint density at radius 3 is 1.81 bits per heavy atom. The molecule has 0 heterocycles. The van der Waals surface area contributed by atoms with Gasteiger partial charge in [-0.2, -0.15) is 30.7 Å². The second-order valence-corrected chi connectivity index (χ2v) is 2.55. The van der Waals surface area contributed by atoms with Crippen LogP contribution in [0.3, 0.4) is 0 Å². The first-order valence-electron chi connectivity index (χ1n) is 3.55. The first-order chi connectivity index (χ1) is 6.95. The largest absolute Gasteiger partial charge is 0.466 e. The highest BCUT2D eigenvalue weighted by Gasteiger charge is 2.71. The third kappa shape index (κ3) is 2.86. The monoisotopic (exact) mass is 254 g/mol. The van der Waals surface area contributed by atoms with E-state index in [-0.39, 0.29) is 6.08 Å². The standard InChI is InChI=1S/C7H5F7O2/c1-16-4(15)2-3-5(8,9)6(10,11)7(12,13)14/h2-3H,1H3. The predicted octanol–water partition coefficient (Wildman–Crippen LogP) is 2.55. The van der Waals surface area contributed by atoms with Crippen molar-refractivity contribution in [1.82, 2.24) is 0 Å². The van der Waals surface area contributed by atoms with Gasteiger partial charge in [0, 0.05) is 6.08 Å². The van der Waals surface area contributed by atoms with Gasteiger partial charge in [0.15, 0.2) is 0 Å². The van der Waals surface area contributed by atoms with Crippen molar-refractivity contribution in [2.75, 3.05) is 7.11 Å². The number of hydrogen-bond donors (Lipinski definition) is 0. The van der Waals surface area contributed by atoms with E-state index in [1.54, 1.807) is 0 Å². The van der Waals surface area contributed by atoms with Gasteiger partial charge in [0.25, 0.3) is 0 Å². The molecule has 94 valence electrons. The van der Waals surface area contributed by atoms with E-state index in [2.05, 4.69) is 4.74 Å². The fourth-order valence-corrected chi connectivity index (χ4v) is 0.534. The van der Waals surface area contributed by atoms with Crippen LogP contribution in [-0.4, -0.2) is 31.1 Å². The van der Waals surface area contributed by atoms with Crippen LogP contribution in [0.4, 0.5) is 30.7 Å². The number of carbonyl (C=O) groups excluding carboxylic acids is 1. The van der Waals surface area contributed by atoms with Crippen LogP contribution in [-0.2, 0) is 9.53 Å². The zero-order chi connectivity index (χ0) is 13.2. The lowest BCUT2D eigenvalue weighted by Crippen LogP contribution is -2.50. The van der Waals surface area contributed by atoms with Crippen molar-refractivity contribution in [3.63, 3.8) is 0 Å². The molecule has 0 aliphatic rings. The maximum absolute atomic E-state index is 12.4.